The van der Waals surface area contributed by atoms with Crippen LogP contribution in [0.15, 0.2) is 36.5 Å². The van der Waals surface area contributed by atoms with Crippen molar-refractivity contribution in [2.45, 2.75) is 19.9 Å². The minimum Gasteiger partial charge on any atom is -0.397 e. The highest BCUT2D eigenvalue weighted by molar-refractivity contribution is 5.96. The highest BCUT2D eigenvalue weighted by Gasteiger charge is 2.16. The van der Waals surface area contributed by atoms with Crippen molar-refractivity contribution in [2.24, 2.45) is 0 Å². The van der Waals surface area contributed by atoms with Gasteiger partial charge in [-0.05, 0) is 32.0 Å². The van der Waals surface area contributed by atoms with Crippen LogP contribution in [0, 0.1) is 6.92 Å². The SMILES string of the molecule is Cc1ccn(C(C)C(=O)Nc2ccccc2N)n1. The van der Waals surface area contributed by atoms with Crippen LogP contribution in [0.3, 0.4) is 0 Å². The number of nitrogen functional groups attached to an aromatic ring is 1. The summed E-state index contributed by atoms with van der Waals surface area (Å²) in [6, 6.07) is 8.66. The lowest BCUT2D eigenvalue weighted by Gasteiger charge is -2.13. The number of nitrogens with one attached hydrogen (secondary N) is 1. The topological polar surface area (TPSA) is 72.9 Å². The molecule has 94 valence electrons. The molecule has 0 radical (unpaired) electrons. The highest BCUT2D eigenvalue weighted by Crippen LogP contribution is 2.18. The van der Waals surface area contributed by atoms with Gasteiger partial charge in [-0.3, -0.25) is 9.48 Å². The monoisotopic (exact) mass is 244 g/mol. The van der Waals surface area contributed by atoms with Crippen molar-refractivity contribution in [1.29, 1.82) is 0 Å². The maximum atomic E-state index is 12.0. The molecule has 0 fully saturated rings. The first kappa shape index (κ1) is 12.2. The molecule has 3 N–H and O–H groups in total. The van der Waals surface area contributed by atoms with Crippen molar-refractivity contribution in [3.63, 3.8) is 0 Å². The first-order chi connectivity index (χ1) is 8.58. The zero-order valence-corrected chi connectivity index (χ0v) is 10.4. The van der Waals surface area contributed by atoms with Gasteiger partial charge in [0.25, 0.3) is 0 Å². The molecule has 18 heavy (non-hydrogen) atoms. The summed E-state index contributed by atoms with van der Waals surface area (Å²) in [7, 11) is 0. The summed E-state index contributed by atoms with van der Waals surface area (Å²) in [5, 5.41) is 7.01. The van der Waals surface area contributed by atoms with Crippen LogP contribution in [0.5, 0.6) is 0 Å². The maximum absolute atomic E-state index is 12.0. The number of aromatic nitrogens is 2. The molecule has 1 aromatic heterocycles. The zero-order valence-electron chi connectivity index (χ0n) is 10.4. The second-order valence-corrected chi connectivity index (χ2v) is 4.19. The average molecular weight is 244 g/mol. The van der Waals surface area contributed by atoms with E-state index < -0.39 is 0 Å². The molecule has 0 aliphatic carbocycles. The summed E-state index contributed by atoms with van der Waals surface area (Å²) in [5.41, 5.74) is 7.83. The van der Waals surface area contributed by atoms with Crippen LogP contribution in [0.4, 0.5) is 11.4 Å². The number of hydrogen-bond donors (Lipinski definition) is 2. The molecule has 0 saturated carbocycles. The van der Waals surface area contributed by atoms with E-state index in [1.807, 2.05) is 25.1 Å². The van der Waals surface area contributed by atoms with Crippen molar-refractivity contribution in [3.05, 3.63) is 42.2 Å². The predicted molar refractivity (Wildman–Crippen MR) is 71.2 cm³/mol. The molecule has 0 spiro atoms. The van der Waals surface area contributed by atoms with E-state index in [0.717, 1.165) is 5.69 Å². The minimum absolute atomic E-state index is 0.143. The Labute approximate surface area is 106 Å². The van der Waals surface area contributed by atoms with Crippen molar-refractivity contribution >= 4 is 17.3 Å². The Morgan fingerprint density at radius 1 is 1.39 bits per heavy atom. The quantitative estimate of drug-likeness (QED) is 0.811. The van der Waals surface area contributed by atoms with E-state index >= 15 is 0 Å². The van der Waals surface area contributed by atoms with E-state index in [-0.39, 0.29) is 11.9 Å². The minimum atomic E-state index is -0.377. The Kier molecular flexibility index (Phi) is 3.32. The number of nitrogens with two attached hydrogens (primary N) is 1. The molecule has 0 aliphatic rings. The summed E-state index contributed by atoms with van der Waals surface area (Å²) >= 11 is 0. The Hall–Kier alpha value is -2.30. The lowest BCUT2D eigenvalue weighted by atomic mass is 10.2. The fraction of sp³-hybridized carbons (Fsp3) is 0.231. The van der Waals surface area contributed by atoms with Crippen LogP contribution in [0.1, 0.15) is 18.7 Å². The van der Waals surface area contributed by atoms with Crippen LogP contribution in [-0.2, 0) is 4.79 Å². The first-order valence-electron chi connectivity index (χ1n) is 5.75. The van der Waals surface area contributed by atoms with Crippen molar-refractivity contribution in [1.82, 2.24) is 9.78 Å². The first-order valence-corrected chi connectivity index (χ1v) is 5.75. The number of nitrogens with zero attached hydrogens (tertiary/aromatic N) is 2. The van der Waals surface area contributed by atoms with Gasteiger partial charge in [0.05, 0.1) is 17.1 Å². The third-order valence-corrected chi connectivity index (χ3v) is 2.74. The summed E-state index contributed by atoms with van der Waals surface area (Å²) in [6.07, 6.45) is 1.79. The van der Waals surface area contributed by atoms with Crippen LogP contribution in [0.25, 0.3) is 0 Å². The zero-order chi connectivity index (χ0) is 13.1. The van der Waals surface area contributed by atoms with Gasteiger partial charge < -0.3 is 11.1 Å². The molecule has 5 nitrogen and oxygen atoms in total. The number of aryl methyl sites for hydroxylation is 1. The normalized spacial score (nSPS) is 12.1. The van der Waals surface area contributed by atoms with Gasteiger partial charge in [-0.15, -0.1) is 0 Å². The third kappa shape index (κ3) is 2.51. The Balaban J connectivity index is 2.11. The van der Waals surface area contributed by atoms with Gasteiger partial charge in [0.2, 0.25) is 5.91 Å². The summed E-state index contributed by atoms with van der Waals surface area (Å²) in [5.74, 6) is -0.143. The second kappa shape index (κ2) is 4.91. The van der Waals surface area contributed by atoms with Gasteiger partial charge in [0.15, 0.2) is 0 Å². The number of carbonyl (C=O) groups is 1. The van der Waals surface area contributed by atoms with Gasteiger partial charge in [-0.2, -0.15) is 5.10 Å². The van der Waals surface area contributed by atoms with E-state index in [1.54, 1.807) is 29.9 Å². The molecule has 1 atom stereocenters. The number of rotatable bonds is 3. The number of para-hydroxylation sites is 2. The molecule has 0 bridgehead atoms. The molecule has 0 saturated heterocycles. The molecule has 0 aliphatic heterocycles. The highest BCUT2D eigenvalue weighted by atomic mass is 16.2. The second-order valence-electron chi connectivity index (χ2n) is 4.19. The maximum Gasteiger partial charge on any atom is 0.249 e. The van der Waals surface area contributed by atoms with E-state index in [2.05, 4.69) is 10.4 Å². The summed E-state index contributed by atoms with van der Waals surface area (Å²) in [6.45, 7) is 3.68. The Bertz CT molecular complexity index is 562. The smallest absolute Gasteiger partial charge is 0.249 e. The van der Waals surface area contributed by atoms with Gasteiger partial charge in [0.1, 0.15) is 6.04 Å². The molecule has 1 amide bonds. The molecule has 5 heteroatoms. The standard InChI is InChI=1S/C13H16N4O/c1-9-7-8-17(16-9)10(2)13(18)15-12-6-4-3-5-11(12)14/h3-8,10H,14H2,1-2H3,(H,15,18). The van der Waals surface area contributed by atoms with Crippen molar-refractivity contribution in [2.75, 3.05) is 11.1 Å². The molecule has 1 aromatic carbocycles. The molecule has 1 unspecified atom stereocenters. The largest absolute Gasteiger partial charge is 0.397 e. The third-order valence-electron chi connectivity index (χ3n) is 2.74. The van der Waals surface area contributed by atoms with Crippen LogP contribution >= 0.6 is 0 Å². The predicted octanol–water partition coefficient (Wildman–Crippen LogP) is 1.97. The number of anilines is 2. The Morgan fingerprint density at radius 2 is 2.11 bits per heavy atom. The lowest BCUT2D eigenvalue weighted by molar-refractivity contribution is -0.119. The molecule has 2 rings (SSSR count). The molecular weight excluding hydrogens is 228 g/mol. The number of hydrogen-bond acceptors (Lipinski definition) is 3. The summed E-state index contributed by atoms with van der Waals surface area (Å²) in [4.78, 5) is 12.0. The Morgan fingerprint density at radius 3 is 2.72 bits per heavy atom. The van der Waals surface area contributed by atoms with Gasteiger partial charge in [-0.25, -0.2) is 0 Å². The van der Waals surface area contributed by atoms with Crippen molar-refractivity contribution in [3.8, 4) is 0 Å². The molecule has 1 heterocycles. The van der Waals surface area contributed by atoms with Gasteiger partial charge in [0, 0.05) is 6.20 Å². The van der Waals surface area contributed by atoms with Gasteiger partial charge in [-0.1, -0.05) is 12.1 Å². The number of benzene rings is 1. The lowest BCUT2D eigenvalue weighted by Crippen LogP contribution is -2.24. The summed E-state index contributed by atoms with van der Waals surface area (Å²) < 4.78 is 1.63. The number of amides is 1. The van der Waals surface area contributed by atoms with Crippen LogP contribution in [0.2, 0.25) is 0 Å². The molecule has 2 aromatic rings. The van der Waals surface area contributed by atoms with Gasteiger partial charge >= 0.3 is 0 Å². The fourth-order valence-electron chi connectivity index (χ4n) is 1.62. The van der Waals surface area contributed by atoms with Crippen molar-refractivity contribution < 1.29 is 4.79 Å². The van der Waals surface area contributed by atoms with E-state index in [1.165, 1.54) is 0 Å². The van der Waals surface area contributed by atoms with E-state index in [0.29, 0.717) is 11.4 Å². The fourth-order valence-corrected chi connectivity index (χ4v) is 1.62. The van der Waals surface area contributed by atoms with E-state index in [9.17, 15) is 4.79 Å². The molecular formula is C13H16N4O. The van der Waals surface area contributed by atoms with E-state index in [4.69, 9.17) is 5.73 Å². The van der Waals surface area contributed by atoms with Crippen LogP contribution in [-0.4, -0.2) is 15.7 Å². The number of carbonyl (C=O) groups excluding carboxylic acids is 1. The average Bonchev–Trinajstić information content (AvgIpc) is 2.78. The van der Waals surface area contributed by atoms with Crippen LogP contribution < -0.4 is 11.1 Å².